The van der Waals surface area contributed by atoms with Crippen molar-refractivity contribution in [2.45, 2.75) is 26.3 Å². The molecule has 0 aliphatic heterocycles. The van der Waals surface area contributed by atoms with E-state index in [-0.39, 0.29) is 0 Å². The van der Waals surface area contributed by atoms with E-state index in [4.69, 9.17) is 23.2 Å². The summed E-state index contributed by atoms with van der Waals surface area (Å²) in [5, 5.41) is 4.21. The van der Waals surface area contributed by atoms with Crippen LogP contribution in [0.2, 0.25) is 10.4 Å². The number of imidazole rings is 1. The van der Waals surface area contributed by atoms with Gasteiger partial charge in [-0.15, -0.1) is 0 Å². The van der Waals surface area contributed by atoms with E-state index in [1.807, 2.05) is 7.05 Å². The Hall–Kier alpha value is -0.250. The van der Waals surface area contributed by atoms with E-state index in [0.717, 1.165) is 18.8 Å². The van der Waals surface area contributed by atoms with Crippen molar-refractivity contribution in [2.75, 3.05) is 6.54 Å². The molecule has 0 aromatic carbocycles. The van der Waals surface area contributed by atoms with Gasteiger partial charge in [0.2, 0.25) is 5.28 Å². The molecule has 0 fully saturated rings. The molecule has 0 aliphatic carbocycles. The van der Waals surface area contributed by atoms with Crippen molar-refractivity contribution in [3.63, 3.8) is 0 Å². The van der Waals surface area contributed by atoms with Crippen LogP contribution in [0.25, 0.3) is 0 Å². The minimum atomic E-state index is 0.433. The van der Waals surface area contributed by atoms with E-state index >= 15 is 0 Å². The van der Waals surface area contributed by atoms with Crippen molar-refractivity contribution >= 4 is 23.2 Å². The smallest absolute Gasteiger partial charge is 0.204 e. The Morgan fingerprint density at radius 3 is 2.64 bits per heavy atom. The number of halogens is 2. The average molecular weight is 236 g/mol. The van der Waals surface area contributed by atoms with Gasteiger partial charge in [0.05, 0.1) is 5.69 Å². The molecule has 0 aliphatic rings. The molecule has 0 radical (unpaired) electrons. The van der Waals surface area contributed by atoms with E-state index < -0.39 is 0 Å². The van der Waals surface area contributed by atoms with Crippen LogP contribution in [0.3, 0.4) is 0 Å². The van der Waals surface area contributed by atoms with Gasteiger partial charge in [0.25, 0.3) is 0 Å². The molecule has 0 saturated heterocycles. The monoisotopic (exact) mass is 235 g/mol. The molecule has 5 heteroatoms. The summed E-state index contributed by atoms with van der Waals surface area (Å²) in [7, 11) is 1.86. The van der Waals surface area contributed by atoms with Crippen LogP contribution >= 0.6 is 23.2 Å². The number of rotatable bonds is 5. The van der Waals surface area contributed by atoms with Gasteiger partial charge in [0.15, 0.2) is 5.15 Å². The molecular weight excluding hydrogens is 221 g/mol. The molecule has 0 amide bonds. The zero-order valence-corrected chi connectivity index (χ0v) is 9.99. The number of hydrogen-bond acceptors (Lipinski definition) is 2. The quantitative estimate of drug-likeness (QED) is 0.796. The summed E-state index contributed by atoms with van der Waals surface area (Å²) in [4.78, 5) is 3.96. The first-order valence-electron chi connectivity index (χ1n) is 4.74. The van der Waals surface area contributed by atoms with Gasteiger partial charge in [-0.2, -0.15) is 0 Å². The van der Waals surface area contributed by atoms with Gasteiger partial charge < -0.3 is 9.88 Å². The standard InChI is InChI=1S/C9H15Cl2N3/c1-3-4-5-12-6-7-8(10)13-9(11)14(7)2/h12H,3-6H2,1-2H3. The third-order valence-electron chi connectivity index (χ3n) is 2.11. The fraction of sp³-hybridized carbons (Fsp3) is 0.667. The van der Waals surface area contributed by atoms with Gasteiger partial charge in [-0.05, 0) is 24.6 Å². The van der Waals surface area contributed by atoms with Gasteiger partial charge in [-0.1, -0.05) is 24.9 Å². The van der Waals surface area contributed by atoms with Crippen LogP contribution in [0.5, 0.6) is 0 Å². The average Bonchev–Trinajstić information content (AvgIpc) is 2.38. The number of unbranched alkanes of at least 4 members (excludes halogenated alkanes) is 1. The molecule has 0 unspecified atom stereocenters. The van der Waals surface area contributed by atoms with Crippen molar-refractivity contribution in [3.05, 3.63) is 16.1 Å². The normalized spacial score (nSPS) is 10.9. The molecule has 0 atom stereocenters. The van der Waals surface area contributed by atoms with Crippen molar-refractivity contribution in [3.8, 4) is 0 Å². The van der Waals surface area contributed by atoms with Crippen molar-refractivity contribution in [1.29, 1.82) is 0 Å². The molecule has 1 heterocycles. The van der Waals surface area contributed by atoms with E-state index in [1.54, 1.807) is 4.57 Å². The first-order chi connectivity index (χ1) is 6.66. The lowest BCUT2D eigenvalue weighted by molar-refractivity contribution is 0.620. The Kier molecular flexibility index (Phi) is 4.72. The van der Waals surface area contributed by atoms with Gasteiger partial charge >= 0.3 is 0 Å². The van der Waals surface area contributed by atoms with Gasteiger partial charge in [0, 0.05) is 13.6 Å². The molecule has 14 heavy (non-hydrogen) atoms. The Morgan fingerprint density at radius 1 is 1.43 bits per heavy atom. The molecule has 3 nitrogen and oxygen atoms in total. The Labute approximate surface area is 94.4 Å². The zero-order valence-electron chi connectivity index (χ0n) is 8.48. The van der Waals surface area contributed by atoms with E-state index in [2.05, 4.69) is 17.2 Å². The predicted octanol–water partition coefficient (Wildman–Crippen LogP) is 2.62. The fourth-order valence-electron chi connectivity index (χ4n) is 1.17. The molecule has 1 aromatic rings. The number of nitrogens with zero attached hydrogens (tertiary/aromatic N) is 2. The van der Waals surface area contributed by atoms with E-state index in [1.165, 1.54) is 12.8 Å². The third kappa shape index (κ3) is 2.87. The molecule has 1 rings (SSSR count). The Bertz CT molecular complexity index is 296. The van der Waals surface area contributed by atoms with E-state index in [0.29, 0.717) is 10.4 Å². The Morgan fingerprint density at radius 2 is 2.14 bits per heavy atom. The highest BCUT2D eigenvalue weighted by molar-refractivity contribution is 6.32. The summed E-state index contributed by atoms with van der Waals surface area (Å²) >= 11 is 11.7. The molecule has 0 spiro atoms. The molecule has 1 N–H and O–H groups in total. The van der Waals surface area contributed by atoms with Gasteiger partial charge in [0.1, 0.15) is 0 Å². The highest BCUT2D eigenvalue weighted by atomic mass is 35.5. The van der Waals surface area contributed by atoms with Crippen molar-refractivity contribution in [2.24, 2.45) is 7.05 Å². The summed E-state index contributed by atoms with van der Waals surface area (Å²) in [6.07, 6.45) is 2.36. The number of nitrogens with one attached hydrogen (secondary N) is 1. The largest absolute Gasteiger partial charge is 0.319 e. The van der Waals surface area contributed by atoms with Crippen LogP contribution in [0.1, 0.15) is 25.5 Å². The minimum Gasteiger partial charge on any atom is -0.319 e. The van der Waals surface area contributed by atoms with Crippen LogP contribution in [-0.2, 0) is 13.6 Å². The maximum Gasteiger partial charge on any atom is 0.204 e. The maximum absolute atomic E-state index is 5.91. The summed E-state index contributed by atoms with van der Waals surface area (Å²) in [5.41, 5.74) is 0.938. The molecule has 80 valence electrons. The summed E-state index contributed by atoms with van der Waals surface area (Å²) in [5.74, 6) is 0. The summed E-state index contributed by atoms with van der Waals surface area (Å²) in [6, 6.07) is 0. The minimum absolute atomic E-state index is 0.433. The lowest BCUT2D eigenvalue weighted by Crippen LogP contribution is -2.16. The first-order valence-corrected chi connectivity index (χ1v) is 5.49. The zero-order chi connectivity index (χ0) is 10.6. The molecule has 0 bridgehead atoms. The first kappa shape index (κ1) is 11.8. The highest BCUT2D eigenvalue weighted by Crippen LogP contribution is 2.18. The maximum atomic E-state index is 5.91. The number of hydrogen-bond donors (Lipinski definition) is 1. The van der Waals surface area contributed by atoms with Gasteiger partial charge in [-0.25, -0.2) is 4.98 Å². The third-order valence-corrected chi connectivity index (χ3v) is 2.75. The van der Waals surface area contributed by atoms with Crippen LogP contribution < -0.4 is 5.32 Å². The van der Waals surface area contributed by atoms with Crippen LogP contribution in [0.4, 0.5) is 0 Å². The molecule has 0 saturated carbocycles. The molecular formula is C9H15Cl2N3. The fourth-order valence-corrected chi connectivity index (χ4v) is 1.67. The van der Waals surface area contributed by atoms with Crippen molar-refractivity contribution in [1.82, 2.24) is 14.9 Å². The SMILES string of the molecule is CCCCNCc1c(Cl)nc(Cl)n1C. The lowest BCUT2D eigenvalue weighted by atomic mass is 10.3. The Balaban J connectivity index is 2.49. The lowest BCUT2D eigenvalue weighted by Gasteiger charge is -2.05. The number of aromatic nitrogens is 2. The second kappa shape index (κ2) is 5.59. The van der Waals surface area contributed by atoms with Crippen molar-refractivity contribution < 1.29 is 0 Å². The highest BCUT2D eigenvalue weighted by Gasteiger charge is 2.10. The summed E-state index contributed by atoms with van der Waals surface area (Å²) < 4.78 is 1.79. The topological polar surface area (TPSA) is 29.9 Å². The second-order valence-electron chi connectivity index (χ2n) is 3.21. The molecule has 1 aromatic heterocycles. The van der Waals surface area contributed by atoms with Crippen LogP contribution in [0, 0.1) is 0 Å². The van der Waals surface area contributed by atoms with E-state index in [9.17, 15) is 0 Å². The van der Waals surface area contributed by atoms with Crippen LogP contribution in [-0.4, -0.2) is 16.1 Å². The van der Waals surface area contributed by atoms with Gasteiger partial charge in [-0.3, -0.25) is 0 Å². The predicted molar refractivity (Wildman–Crippen MR) is 59.8 cm³/mol. The second-order valence-corrected chi connectivity index (χ2v) is 3.90. The van der Waals surface area contributed by atoms with Crippen LogP contribution in [0.15, 0.2) is 0 Å². The summed E-state index contributed by atoms with van der Waals surface area (Å²) in [6.45, 7) is 3.88.